The van der Waals surface area contributed by atoms with Gasteiger partial charge in [-0.3, -0.25) is 9.59 Å². The summed E-state index contributed by atoms with van der Waals surface area (Å²) in [5, 5.41) is 15.3. The highest BCUT2D eigenvalue weighted by molar-refractivity contribution is 6.40. The molecule has 55 heavy (non-hydrogen) atoms. The summed E-state index contributed by atoms with van der Waals surface area (Å²) < 4.78 is 15.9. The van der Waals surface area contributed by atoms with Gasteiger partial charge in [-0.25, -0.2) is 9.59 Å². The van der Waals surface area contributed by atoms with Gasteiger partial charge in [0.1, 0.15) is 23.6 Å². The first kappa shape index (κ1) is 45.5. The maximum absolute atomic E-state index is 12.6. The minimum absolute atomic E-state index is 0.0510. The molecule has 4 rings (SSSR count). The van der Waals surface area contributed by atoms with Crippen molar-refractivity contribution in [2.75, 3.05) is 32.1 Å². The summed E-state index contributed by atoms with van der Waals surface area (Å²) in [6.45, 7) is 1.04. The number of carbonyl (C=O) groups is 4. The van der Waals surface area contributed by atoms with Crippen molar-refractivity contribution >= 4 is 93.4 Å². The molecule has 4 aromatic rings. The van der Waals surface area contributed by atoms with E-state index in [4.69, 9.17) is 83.8 Å². The zero-order valence-electron chi connectivity index (χ0n) is 29.5. The van der Waals surface area contributed by atoms with E-state index in [0.29, 0.717) is 36.5 Å². The van der Waals surface area contributed by atoms with Crippen LogP contribution in [0.2, 0.25) is 20.1 Å². The molecule has 2 atom stereocenters. The van der Waals surface area contributed by atoms with Crippen LogP contribution in [0.3, 0.4) is 0 Å². The lowest BCUT2D eigenvalue weighted by molar-refractivity contribution is -0.143. The molecule has 0 heterocycles. The molecular weight excluding hydrogens is 837 g/mol. The molecule has 0 bridgehead atoms. The summed E-state index contributed by atoms with van der Waals surface area (Å²) >= 11 is 35.4. The van der Waals surface area contributed by atoms with Gasteiger partial charge in [-0.05, 0) is 72.5 Å². The van der Waals surface area contributed by atoms with E-state index >= 15 is 0 Å². The summed E-state index contributed by atoms with van der Waals surface area (Å²) in [5.74, 6) is -0.487. The lowest BCUT2D eigenvalue weighted by atomic mass is 10.0. The number of methoxy groups -OCH3 is 1. The Kier molecular flexibility index (Phi) is 19.8. The van der Waals surface area contributed by atoms with Gasteiger partial charge in [0.2, 0.25) is 0 Å². The average Bonchev–Trinajstić information content (AvgIpc) is 3.15. The third-order valence-electron chi connectivity index (χ3n) is 7.59. The molecule has 0 saturated carbocycles. The monoisotopic (exact) mass is 872 g/mol. The number of hydrogen-bond acceptors (Lipinski definition) is 7. The van der Waals surface area contributed by atoms with E-state index in [0.717, 1.165) is 24.0 Å². The number of nitrogens with one attached hydrogen (secondary N) is 2. The van der Waals surface area contributed by atoms with Crippen molar-refractivity contribution < 1.29 is 38.5 Å². The molecule has 0 spiro atoms. The van der Waals surface area contributed by atoms with Crippen LogP contribution >= 0.6 is 69.6 Å². The number of ether oxygens (including phenoxy) is 3. The number of hydrogen-bond donors (Lipinski definition) is 3. The van der Waals surface area contributed by atoms with Crippen LogP contribution in [0.25, 0.3) is 0 Å². The van der Waals surface area contributed by atoms with Gasteiger partial charge in [0, 0.05) is 24.6 Å². The van der Waals surface area contributed by atoms with Gasteiger partial charge in [0.05, 0.1) is 51.5 Å². The molecule has 16 heteroatoms. The lowest BCUT2D eigenvalue weighted by Gasteiger charge is -2.18. The second-order valence-electron chi connectivity index (χ2n) is 11.6. The number of carbonyl (C=O) groups excluding carboxylic acids is 3. The SMILES string of the molecule is COC(=O)[C@H](Cc1ccc(OCCCCl)cc1)NC(=O)c1c(Cl)cccc1Cl.O=C(N[C@@H](Cc1ccc(OCCCCl)cc1)C(=O)O)c1c(Cl)cccc1Cl. The molecule has 0 aliphatic rings. The van der Waals surface area contributed by atoms with E-state index in [1.54, 1.807) is 60.7 Å². The van der Waals surface area contributed by atoms with E-state index in [1.807, 2.05) is 12.1 Å². The molecule has 0 saturated heterocycles. The quantitative estimate of drug-likeness (QED) is 0.0512. The zero-order chi connectivity index (χ0) is 40.3. The number of carboxylic acid groups (broad SMARTS) is 1. The summed E-state index contributed by atoms with van der Waals surface area (Å²) in [7, 11) is 1.26. The van der Waals surface area contributed by atoms with Gasteiger partial charge >= 0.3 is 11.9 Å². The molecule has 4 aromatic carbocycles. The normalized spacial score (nSPS) is 11.6. The Morgan fingerprint density at radius 3 is 1.31 bits per heavy atom. The number of carboxylic acids is 1. The third-order valence-corrected chi connectivity index (χ3v) is 9.39. The Balaban J connectivity index is 0.000000296. The average molecular weight is 875 g/mol. The molecule has 3 N–H and O–H groups in total. The smallest absolute Gasteiger partial charge is 0.328 e. The second-order valence-corrected chi connectivity index (χ2v) is 14.0. The molecule has 0 radical (unpaired) electrons. The molecule has 0 aliphatic heterocycles. The highest BCUT2D eigenvalue weighted by Crippen LogP contribution is 2.26. The molecule has 0 aromatic heterocycles. The first-order valence-electron chi connectivity index (χ1n) is 16.7. The van der Waals surface area contributed by atoms with Crippen molar-refractivity contribution in [2.24, 2.45) is 0 Å². The Morgan fingerprint density at radius 1 is 0.600 bits per heavy atom. The predicted octanol–water partition coefficient (Wildman–Crippen LogP) is 8.94. The third kappa shape index (κ3) is 14.9. The van der Waals surface area contributed by atoms with Crippen molar-refractivity contribution in [1.82, 2.24) is 10.6 Å². The minimum atomic E-state index is -1.16. The van der Waals surface area contributed by atoms with E-state index in [-0.39, 0.29) is 44.1 Å². The van der Waals surface area contributed by atoms with Gasteiger partial charge in [0.15, 0.2) is 0 Å². The largest absolute Gasteiger partial charge is 0.494 e. The molecule has 0 fully saturated rings. The standard InChI is InChI=1S/C20H20Cl3NO4.C19H18Cl3NO4/c1-27-20(26)17(24-19(25)18-15(22)4-2-5-16(18)23)12-13-6-8-14(9-7-13)28-11-3-10-21;20-9-2-10-27-13-7-5-12(6-8-13)11-16(19(25)26)23-18(24)17-14(21)3-1-4-15(17)22/h2,4-9,17H,3,10-12H2,1H3,(H,24,25);1,3-8,16H,2,9-11H2,(H,23,24)(H,25,26)/t17-;16-/m00/s1. The van der Waals surface area contributed by atoms with Gasteiger partial charge in [-0.1, -0.05) is 82.8 Å². The van der Waals surface area contributed by atoms with E-state index in [2.05, 4.69) is 10.6 Å². The van der Waals surface area contributed by atoms with Crippen LogP contribution in [0, 0.1) is 0 Å². The highest BCUT2D eigenvalue weighted by Gasteiger charge is 2.26. The van der Waals surface area contributed by atoms with Crippen LogP contribution in [-0.4, -0.2) is 73.0 Å². The van der Waals surface area contributed by atoms with E-state index in [9.17, 15) is 24.3 Å². The first-order valence-corrected chi connectivity index (χ1v) is 19.3. The van der Waals surface area contributed by atoms with Crippen molar-refractivity contribution in [3.63, 3.8) is 0 Å². The Morgan fingerprint density at radius 2 is 0.964 bits per heavy atom. The lowest BCUT2D eigenvalue weighted by Crippen LogP contribution is -2.43. The summed E-state index contributed by atoms with van der Waals surface area (Å²) in [5.41, 5.74) is 1.72. The number of esters is 1. The Labute approximate surface area is 349 Å². The van der Waals surface area contributed by atoms with Crippen LogP contribution in [0.4, 0.5) is 0 Å². The first-order chi connectivity index (χ1) is 26.4. The van der Waals surface area contributed by atoms with Crippen molar-refractivity contribution in [3.05, 3.63) is 127 Å². The van der Waals surface area contributed by atoms with Gasteiger partial charge in [-0.2, -0.15) is 0 Å². The fourth-order valence-electron chi connectivity index (χ4n) is 4.83. The zero-order valence-corrected chi connectivity index (χ0v) is 34.0. The maximum Gasteiger partial charge on any atom is 0.328 e. The van der Waals surface area contributed by atoms with Crippen LogP contribution in [0.1, 0.15) is 44.7 Å². The Hall–Kier alpha value is -3.90. The predicted molar refractivity (Wildman–Crippen MR) is 217 cm³/mol. The number of amides is 2. The number of rotatable bonds is 18. The second kappa shape index (κ2) is 23.9. The number of aliphatic carboxylic acids is 1. The summed E-state index contributed by atoms with van der Waals surface area (Å²) in [6.07, 6.45) is 1.83. The van der Waals surface area contributed by atoms with Crippen LogP contribution in [0.15, 0.2) is 84.9 Å². The number of halogens is 6. The van der Waals surface area contributed by atoms with Gasteiger partial charge in [0.25, 0.3) is 11.8 Å². The van der Waals surface area contributed by atoms with E-state index in [1.165, 1.54) is 19.2 Å². The molecule has 2 amide bonds. The van der Waals surface area contributed by atoms with Crippen molar-refractivity contribution in [3.8, 4) is 11.5 Å². The van der Waals surface area contributed by atoms with Crippen molar-refractivity contribution in [1.29, 1.82) is 0 Å². The fraction of sp³-hybridized carbons (Fsp3) is 0.282. The molecule has 294 valence electrons. The maximum atomic E-state index is 12.6. The molecule has 0 aliphatic carbocycles. The summed E-state index contributed by atoms with van der Waals surface area (Å²) in [6, 6.07) is 21.6. The van der Waals surface area contributed by atoms with Crippen LogP contribution in [0.5, 0.6) is 11.5 Å². The van der Waals surface area contributed by atoms with E-state index < -0.39 is 35.8 Å². The summed E-state index contributed by atoms with van der Waals surface area (Å²) in [4.78, 5) is 48.7. The highest BCUT2D eigenvalue weighted by atomic mass is 35.5. The van der Waals surface area contributed by atoms with Crippen molar-refractivity contribution in [2.45, 2.75) is 37.8 Å². The number of alkyl halides is 2. The Bertz CT molecular complexity index is 1840. The minimum Gasteiger partial charge on any atom is -0.494 e. The molecule has 10 nitrogen and oxygen atoms in total. The molecule has 0 unspecified atom stereocenters. The topological polar surface area (TPSA) is 140 Å². The molecular formula is C39H38Cl6N2O8. The fourth-order valence-corrected chi connectivity index (χ4v) is 6.19. The number of benzene rings is 4. The van der Waals surface area contributed by atoms with Gasteiger partial charge in [-0.15, -0.1) is 23.2 Å². The van der Waals surface area contributed by atoms with Crippen LogP contribution < -0.4 is 20.1 Å². The van der Waals surface area contributed by atoms with Crippen LogP contribution in [-0.2, 0) is 27.2 Å². The van der Waals surface area contributed by atoms with Gasteiger partial charge < -0.3 is 30.0 Å².